The summed E-state index contributed by atoms with van der Waals surface area (Å²) in [6.07, 6.45) is -11.9. The van der Waals surface area contributed by atoms with E-state index in [1.54, 1.807) is 43.3 Å². The van der Waals surface area contributed by atoms with E-state index >= 15 is 0 Å². The molecule has 0 spiro atoms. The molecule has 6 aromatic carbocycles. The number of hydrogen-bond donors (Lipinski definition) is 1. The Balaban J connectivity index is 0.000000297. The van der Waals surface area contributed by atoms with Crippen LogP contribution in [0.4, 0.5) is 39.5 Å². The molecule has 0 fully saturated rings. The van der Waals surface area contributed by atoms with Crippen LogP contribution < -0.4 is 0 Å². The fourth-order valence-corrected chi connectivity index (χ4v) is 5.36. The normalized spacial score (nSPS) is 10.8. The zero-order valence-electron chi connectivity index (χ0n) is 33.5. The number of carbonyl (C=O) groups is 3. The molecular weight excluding hydrogens is 980 g/mol. The van der Waals surface area contributed by atoms with Crippen LogP contribution in [-0.2, 0) is 48.7 Å². The topological polar surface area (TPSA) is 71.4 Å². The molecule has 0 saturated carbocycles. The zero-order chi connectivity index (χ0) is 47.5. The molecule has 0 atom stereocenters. The first-order valence-electron chi connectivity index (χ1n) is 18.2. The van der Waals surface area contributed by atoms with E-state index in [-0.39, 0.29) is 17.1 Å². The fourth-order valence-electron chi connectivity index (χ4n) is 5.10. The van der Waals surface area contributed by atoms with Gasteiger partial charge >= 0.3 is 51.5 Å². The van der Waals surface area contributed by atoms with E-state index in [0.29, 0.717) is 24.0 Å². The molecule has 4 nitrogen and oxygen atoms in total. The van der Waals surface area contributed by atoms with Gasteiger partial charge < -0.3 is 5.11 Å². The van der Waals surface area contributed by atoms with Crippen LogP contribution in [0.15, 0.2) is 150 Å². The summed E-state index contributed by atoms with van der Waals surface area (Å²) in [5.74, 6) is -0.912. The van der Waals surface area contributed by atoms with Crippen LogP contribution in [0.25, 0.3) is 0 Å². The molecule has 0 aliphatic rings. The van der Waals surface area contributed by atoms with Crippen LogP contribution in [-0.4, -0.2) is 22.6 Å². The van der Waals surface area contributed by atoms with E-state index in [2.05, 4.69) is 22.9 Å². The SMILES string of the molecule is CC(=O)c1ccc(Br)cc1.CC(=O)c1ccc(Cc2ccc(C(F)(F)F)cc2)cc1.O=C(O)c1ccc(Cc2ccc(C(F)(F)F)cc2)cc1.[CH2-]c1ccc(C(F)(F)F)cc1.[Cl][Zn+]. The molecule has 16 heteroatoms. The molecule has 0 amide bonds. The molecule has 0 aliphatic carbocycles. The van der Waals surface area contributed by atoms with Gasteiger partial charge in [-0.2, -0.15) is 64.1 Å². The van der Waals surface area contributed by atoms with Gasteiger partial charge in [0.25, 0.3) is 0 Å². The Labute approximate surface area is 381 Å². The monoisotopic (exact) mass is 1010 g/mol. The Morgan fingerprint density at radius 2 is 0.714 bits per heavy atom. The van der Waals surface area contributed by atoms with E-state index < -0.39 is 41.2 Å². The van der Waals surface area contributed by atoms with Gasteiger partial charge in [-0.3, -0.25) is 9.59 Å². The number of carbonyl (C=O) groups excluding carboxylic acids is 2. The third-order valence-electron chi connectivity index (χ3n) is 8.47. The summed E-state index contributed by atoms with van der Waals surface area (Å²) in [7, 11) is 4.76. The van der Waals surface area contributed by atoms with Crippen molar-refractivity contribution in [2.75, 3.05) is 0 Å². The summed E-state index contributed by atoms with van der Waals surface area (Å²) >= 11 is 4.13. The summed E-state index contributed by atoms with van der Waals surface area (Å²) in [6, 6.07) is 35.4. The molecule has 0 aromatic heterocycles. The summed E-state index contributed by atoms with van der Waals surface area (Å²) in [6.45, 7) is 6.53. The minimum atomic E-state index is -4.33. The predicted molar refractivity (Wildman–Crippen MR) is 224 cm³/mol. The number of aromatic carboxylic acids is 1. The third kappa shape index (κ3) is 19.8. The second kappa shape index (κ2) is 25.2. The minimum absolute atomic E-state index is 0.00826. The number of Topliss-reactive ketones (excluding diaryl/α,β-unsaturated/α-hetero) is 2. The second-order valence-electron chi connectivity index (χ2n) is 13.3. The van der Waals surface area contributed by atoms with Crippen molar-refractivity contribution >= 4 is 43.2 Å². The van der Waals surface area contributed by atoms with Crippen molar-refractivity contribution in [2.45, 2.75) is 45.2 Å². The number of alkyl halides is 9. The first-order valence-corrected chi connectivity index (χ1v) is 22.9. The van der Waals surface area contributed by atoms with E-state index in [0.717, 1.165) is 86.0 Å². The second-order valence-corrected chi connectivity index (χ2v) is 14.2. The fraction of sp³-hybridized carbons (Fsp3) is 0.149. The Kier molecular flexibility index (Phi) is 21.5. The number of benzene rings is 6. The van der Waals surface area contributed by atoms with Gasteiger partial charge in [-0.15, -0.1) is 12.1 Å². The van der Waals surface area contributed by atoms with E-state index in [9.17, 15) is 53.9 Å². The average Bonchev–Trinajstić information content (AvgIpc) is 3.22. The van der Waals surface area contributed by atoms with Crippen molar-refractivity contribution in [1.29, 1.82) is 0 Å². The summed E-state index contributed by atoms with van der Waals surface area (Å²) in [4.78, 5) is 32.6. The number of carboxylic acids is 1. The average molecular weight is 1020 g/mol. The number of halogens is 11. The Hall–Kier alpha value is -5.24. The van der Waals surface area contributed by atoms with Gasteiger partial charge in [0.15, 0.2) is 11.6 Å². The van der Waals surface area contributed by atoms with Crippen LogP contribution in [0.3, 0.4) is 0 Å². The predicted octanol–water partition coefficient (Wildman–Crippen LogP) is 14.7. The molecule has 0 radical (unpaired) electrons. The third-order valence-corrected chi connectivity index (χ3v) is 9.00. The van der Waals surface area contributed by atoms with Crippen LogP contribution in [0.1, 0.15) is 89.4 Å². The van der Waals surface area contributed by atoms with E-state index in [1.807, 2.05) is 24.3 Å². The standard InChI is InChI=1S/C16H13F3O.C15H11F3O2.C8H7BrO.C8H6F3.ClH.Zn/c1-11(20)14-6-2-12(3-7-14)10-13-4-8-15(9-5-13)16(17,18)19;16-15(17,18)13-7-3-11(4-8-13)9-10-1-5-12(6-2-10)14(19)20;1-6(10)7-2-4-8(9)5-3-7;1-6-2-4-7(5-3-6)8(9,10)11;;/h2-9H,10H2,1H3;1-8H,9H2,(H,19,20);2-5H,1H3;2-5H,1H2;1H;/q;;;-1;;+2/p-1. The molecule has 0 saturated heterocycles. The van der Waals surface area contributed by atoms with Crippen molar-refractivity contribution in [3.8, 4) is 0 Å². The Morgan fingerprint density at radius 1 is 0.476 bits per heavy atom. The van der Waals surface area contributed by atoms with Crippen molar-refractivity contribution in [1.82, 2.24) is 0 Å². The van der Waals surface area contributed by atoms with Crippen LogP contribution in [0.5, 0.6) is 0 Å². The summed E-state index contributed by atoms with van der Waals surface area (Å²) in [5, 5.41) is 8.77. The first-order chi connectivity index (χ1) is 29.4. The summed E-state index contributed by atoms with van der Waals surface area (Å²) < 4.78 is 111. The van der Waals surface area contributed by atoms with Gasteiger partial charge in [0.05, 0.1) is 16.7 Å². The molecule has 0 unspecified atom stereocenters. The number of hydrogen-bond acceptors (Lipinski definition) is 3. The van der Waals surface area contributed by atoms with Gasteiger partial charge in [-0.05, 0) is 97.5 Å². The first kappa shape index (κ1) is 53.9. The van der Waals surface area contributed by atoms with Gasteiger partial charge in [0, 0.05) is 21.2 Å². The maximum atomic E-state index is 12.4. The zero-order valence-corrected chi connectivity index (χ0v) is 38.8. The summed E-state index contributed by atoms with van der Waals surface area (Å²) in [5.41, 5.74) is 3.52. The molecule has 1 N–H and O–H groups in total. The maximum absolute atomic E-state index is 12.4. The van der Waals surface area contributed by atoms with E-state index in [1.165, 1.54) is 55.5 Å². The molecule has 6 aromatic rings. The molecule has 0 aliphatic heterocycles. The van der Waals surface area contributed by atoms with Crippen LogP contribution in [0.2, 0.25) is 0 Å². The number of ketones is 2. The molecule has 63 heavy (non-hydrogen) atoms. The van der Waals surface area contributed by atoms with Gasteiger partial charge in [0.2, 0.25) is 0 Å². The van der Waals surface area contributed by atoms with E-state index in [4.69, 9.17) is 14.8 Å². The number of carboxylic acid groups (broad SMARTS) is 1. The van der Waals surface area contributed by atoms with Crippen molar-refractivity contribution in [3.63, 3.8) is 0 Å². The number of rotatable bonds is 7. The van der Waals surface area contributed by atoms with Crippen molar-refractivity contribution < 1.29 is 76.3 Å². The molecule has 6 rings (SSSR count). The van der Waals surface area contributed by atoms with Crippen LogP contribution in [0, 0.1) is 6.92 Å². The molecular formula is C47H37BrClF9O4Zn. The Bertz CT molecular complexity index is 2220. The molecule has 0 heterocycles. The quantitative estimate of drug-likeness (QED) is 0.0749. The van der Waals surface area contributed by atoms with Crippen molar-refractivity contribution in [2.24, 2.45) is 0 Å². The van der Waals surface area contributed by atoms with Gasteiger partial charge in [-0.25, -0.2) is 4.79 Å². The van der Waals surface area contributed by atoms with Crippen LogP contribution >= 0.6 is 25.6 Å². The molecule has 0 bridgehead atoms. The van der Waals surface area contributed by atoms with Crippen molar-refractivity contribution in [3.05, 3.63) is 218 Å². The Morgan fingerprint density at radius 3 is 0.968 bits per heavy atom. The van der Waals surface area contributed by atoms with Gasteiger partial charge in [0.1, 0.15) is 0 Å². The molecule has 328 valence electrons. The van der Waals surface area contributed by atoms with Gasteiger partial charge in [-0.1, -0.05) is 88.7 Å².